The predicted octanol–water partition coefficient (Wildman–Crippen LogP) is 2.16. The highest BCUT2D eigenvalue weighted by Crippen LogP contribution is 2.33. The number of carbonyl (C=O) groups excluding carboxylic acids is 2. The van der Waals surface area contributed by atoms with E-state index < -0.39 is 0 Å². The van der Waals surface area contributed by atoms with Gasteiger partial charge in [0.25, 0.3) is 5.91 Å². The molecule has 1 aromatic rings. The third-order valence-electron chi connectivity index (χ3n) is 5.11. The fraction of sp³-hybridized carbons (Fsp3) is 0.684. The van der Waals surface area contributed by atoms with Gasteiger partial charge in [-0.25, -0.2) is 0 Å². The smallest absolute Gasteiger partial charge is 0.255 e. The van der Waals surface area contributed by atoms with Crippen LogP contribution >= 0.6 is 11.3 Å². The zero-order chi connectivity index (χ0) is 18.0. The van der Waals surface area contributed by atoms with Crippen molar-refractivity contribution < 1.29 is 9.59 Å². The molecule has 2 amide bonds. The molecular weight excluding hydrogens is 334 g/mol. The molecule has 0 bridgehead atoms. The lowest BCUT2D eigenvalue weighted by Crippen LogP contribution is -2.51. The quantitative estimate of drug-likeness (QED) is 0.892. The maximum atomic E-state index is 12.9. The third kappa shape index (κ3) is 4.42. The van der Waals surface area contributed by atoms with Gasteiger partial charge in [0, 0.05) is 42.5 Å². The van der Waals surface area contributed by atoms with Gasteiger partial charge in [0.2, 0.25) is 5.91 Å². The number of fused-ring (bicyclic) bond motifs is 1. The van der Waals surface area contributed by atoms with Crippen LogP contribution in [0.5, 0.6) is 0 Å². The van der Waals surface area contributed by atoms with E-state index in [1.807, 2.05) is 18.7 Å². The average molecular weight is 364 g/mol. The fourth-order valence-corrected chi connectivity index (χ4v) is 4.95. The van der Waals surface area contributed by atoms with Gasteiger partial charge in [0.1, 0.15) is 0 Å². The summed E-state index contributed by atoms with van der Waals surface area (Å²) in [6.45, 7) is 9.59. The average Bonchev–Trinajstić information content (AvgIpc) is 2.97. The summed E-state index contributed by atoms with van der Waals surface area (Å²) in [5, 5.41) is 4.99. The minimum atomic E-state index is 0.0656. The Morgan fingerprint density at radius 2 is 2.00 bits per heavy atom. The van der Waals surface area contributed by atoms with E-state index in [9.17, 15) is 9.59 Å². The molecule has 3 rings (SSSR count). The Kier molecular flexibility index (Phi) is 5.79. The van der Waals surface area contributed by atoms with Crippen LogP contribution in [0.15, 0.2) is 5.38 Å². The van der Waals surface area contributed by atoms with Crippen molar-refractivity contribution in [3.63, 3.8) is 0 Å². The third-order valence-corrected chi connectivity index (χ3v) is 6.16. The number of rotatable bonds is 4. The van der Waals surface area contributed by atoms with E-state index in [2.05, 4.69) is 22.5 Å². The maximum Gasteiger partial charge on any atom is 0.255 e. The fourth-order valence-electron chi connectivity index (χ4n) is 3.71. The zero-order valence-corrected chi connectivity index (χ0v) is 16.3. The molecule has 1 aliphatic carbocycles. The van der Waals surface area contributed by atoms with E-state index in [0.29, 0.717) is 19.6 Å². The van der Waals surface area contributed by atoms with Gasteiger partial charge in [-0.05, 0) is 44.6 Å². The number of nitrogens with one attached hydrogen (secondary N) is 1. The monoisotopic (exact) mass is 363 g/mol. The molecule has 1 aromatic heterocycles. The molecule has 1 saturated heterocycles. The molecule has 0 spiro atoms. The number of hydrogen-bond acceptors (Lipinski definition) is 4. The first-order valence-electron chi connectivity index (χ1n) is 9.34. The molecule has 1 fully saturated rings. The number of thiophene rings is 1. The molecule has 2 aliphatic rings. The van der Waals surface area contributed by atoms with Crippen molar-refractivity contribution in [2.75, 3.05) is 32.7 Å². The van der Waals surface area contributed by atoms with Crippen LogP contribution in [0.4, 0.5) is 0 Å². The van der Waals surface area contributed by atoms with E-state index in [1.165, 1.54) is 16.9 Å². The van der Waals surface area contributed by atoms with E-state index in [1.54, 1.807) is 11.3 Å². The predicted molar refractivity (Wildman–Crippen MR) is 101 cm³/mol. The van der Waals surface area contributed by atoms with Gasteiger partial charge in [0.15, 0.2) is 0 Å². The Bertz CT molecular complexity index is 633. The maximum absolute atomic E-state index is 12.9. The van der Waals surface area contributed by atoms with Crippen LogP contribution in [-0.2, 0) is 17.6 Å². The van der Waals surface area contributed by atoms with Gasteiger partial charge < -0.3 is 10.2 Å². The molecule has 1 aliphatic heterocycles. The van der Waals surface area contributed by atoms with Crippen LogP contribution in [-0.4, -0.2) is 60.4 Å². The normalized spacial score (nSPS) is 21.3. The van der Waals surface area contributed by atoms with Crippen molar-refractivity contribution in [2.45, 2.75) is 46.1 Å². The van der Waals surface area contributed by atoms with Crippen LogP contribution in [0.1, 0.15) is 48.0 Å². The number of amides is 2. The Hall–Kier alpha value is -1.40. The van der Waals surface area contributed by atoms with E-state index in [-0.39, 0.29) is 17.9 Å². The van der Waals surface area contributed by atoms with Gasteiger partial charge in [-0.1, -0.05) is 6.92 Å². The van der Waals surface area contributed by atoms with E-state index in [0.717, 1.165) is 37.4 Å². The van der Waals surface area contributed by atoms with Gasteiger partial charge >= 0.3 is 0 Å². The molecule has 2 heterocycles. The van der Waals surface area contributed by atoms with Gasteiger partial charge in [-0.3, -0.25) is 14.5 Å². The lowest BCUT2D eigenvalue weighted by Gasteiger charge is -2.34. The van der Waals surface area contributed by atoms with Crippen molar-refractivity contribution in [1.29, 1.82) is 0 Å². The highest BCUT2D eigenvalue weighted by Gasteiger charge is 2.28. The van der Waals surface area contributed by atoms with Crippen molar-refractivity contribution in [2.24, 2.45) is 5.92 Å². The molecule has 5 nitrogen and oxygen atoms in total. The van der Waals surface area contributed by atoms with E-state index >= 15 is 0 Å². The molecule has 25 heavy (non-hydrogen) atoms. The molecular formula is C19H29N3O2S. The lowest BCUT2D eigenvalue weighted by atomic mass is 9.88. The highest BCUT2D eigenvalue weighted by molar-refractivity contribution is 7.10. The Balaban J connectivity index is 1.55. The van der Waals surface area contributed by atoms with E-state index in [4.69, 9.17) is 0 Å². The minimum Gasteiger partial charge on any atom is -0.353 e. The molecule has 1 atom stereocenters. The molecule has 6 heteroatoms. The van der Waals surface area contributed by atoms with Gasteiger partial charge in [0.05, 0.1) is 12.1 Å². The first-order valence-corrected chi connectivity index (χ1v) is 10.2. The first-order chi connectivity index (χ1) is 11.9. The van der Waals surface area contributed by atoms with Crippen molar-refractivity contribution >= 4 is 23.2 Å². The van der Waals surface area contributed by atoms with Crippen LogP contribution in [0.3, 0.4) is 0 Å². The Morgan fingerprint density at radius 3 is 2.68 bits per heavy atom. The number of hydrogen-bond donors (Lipinski definition) is 1. The summed E-state index contributed by atoms with van der Waals surface area (Å²) in [5.74, 6) is 0.976. The number of nitrogens with zero attached hydrogens (tertiary/aromatic N) is 2. The molecule has 0 radical (unpaired) electrons. The van der Waals surface area contributed by atoms with Crippen LogP contribution in [0.2, 0.25) is 0 Å². The topological polar surface area (TPSA) is 52.7 Å². The molecule has 1 unspecified atom stereocenters. The second-order valence-electron chi connectivity index (χ2n) is 7.69. The first kappa shape index (κ1) is 18.4. The van der Waals surface area contributed by atoms with Crippen molar-refractivity contribution in [3.8, 4) is 0 Å². The standard InChI is InChI=1S/C19H29N3O2S/c1-13(2)20-18(23)11-21-6-8-22(9-7-21)19(24)16-12-25-17-10-14(3)4-5-15(16)17/h12-14H,4-11H2,1-3H3,(H,20,23). The largest absolute Gasteiger partial charge is 0.353 e. The molecule has 1 N–H and O–H groups in total. The molecule has 0 aromatic carbocycles. The molecule has 138 valence electrons. The highest BCUT2D eigenvalue weighted by atomic mass is 32.1. The summed E-state index contributed by atoms with van der Waals surface area (Å²) >= 11 is 1.75. The van der Waals surface area contributed by atoms with Gasteiger partial charge in [-0.15, -0.1) is 11.3 Å². The SMILES string of the molecule is CC1CCc2c(C(=O)N3CCN(CC(=O)NC(C)C)CC3)csc2C1. The van der Waals surface area contributed by atoms with Crippen molar-refractivity contribution in [1.82, 2.24) is 15.1 Å². The summed E-state index contributed by atoms with van der Waals surface area (Å²) in [5.41, 5.74) is 2.23. The Morgan fingerprint density at radius 1 is 1.28 bits per heavy atom. The summed E-state index contributed by atoms with van der Waals surface area (Å²) < 4.78 is 0. The zero-order valence-electron chi connectivity index (χ0n) is 15.5. The lowest BCUT2D eigenvalue weighted by molar-refractivity contribution is -0.123. The number of carbonyl (C=O) groups is 2. The summed E-state index contributed by atoms with van der Waals surface area (Å²) in [6.07, 6.45) is 3.34. The Labute approximate surface area is 154 Å². The second-order valence-corrected chi connectivity index (χ2v) is 8.65. The number of piperazine rings is 1. The van der Waals surface area contributed by atoms with Crippen LogP contribution < -0.4 is 5.32 Å². The summed E-state index contributed by atoms with van der Waals surface area (Å²) in [4.78, 5) is 30.3. The van der Waals surface area contributed by atoms with Crippen LogP contribution in [0, 0.1) is 5.92 Å². The summed E-state index contributed by atoms with van der Waals surface area (Å²) in [7, 11) is 0. The summed E-state index contributed by atoms with van der Waals surface area (Å²) in [6, 6.07) is 0.169. The molecule has 0 saturated carbocycles. The second kappa shape index (κ2) is 7.87. The van der Waals surface area contributed by atoms with Gasteiger partial charge in [-0.2, -0.15) is 0 Å². The van der Waals surface area contributed by atoms with Crippen molar-refractivity contribution in [3.05, 3.63) is 21.4 Å². The minimum absolute atomic E-state index is 0.0656. The van der Waals surface area contributed by atoms with Crippen LogP contribution in [0.25, 0.3) is 0 Å².